The van der Waals surface area contributed by atoms with Gasteiger partial charge in [0, 0.05) is 0 Å². The summed E-state index contributed by atoms with van der Waals surface area (Å²) >= 11 is 1.28. The lowest BCUT2D eigenvalue weighted by atomic mass is 10.1. The quantitative estimate of drug-likeness (QED) is 0.392. The van der Waals surface area contributed by atoms with Crippen molar-refractivity contribution in [2.45, 2.75) is 0 Å². The molecule has 6 nitrogen and oxygen atoms in total. The van der Waals surface area contributed by atoms with Crippen molar-refractivity contribution in [1.82, 2.24) is 0 Å². The minimum absolute atomic E-state index is 0.00132. The van der Waals surface area contributed by atoms with Crippen LogP contribution in [0.1, 0.15) is 15.2 Å². The van der Waals surface area contributed by atoms with Gasteiger partial charge in [0.25, 0.3) is 0 Å². The fourth-order valence-corrected chi connectivity index (χ4v) is 2.40. The van der Waals surface area contributed by atoms with E-state index in [1.165, 1.54) is 17.4 Å². The Kier molecular flexibility index (Phi) is 5.68. The van der Waals surface area contributed by atoms with E-state index in [0.29, 0.717) is 16.2 Å². The third kappa shape index (κ3) is 4.33. The van der Waals surface area contributed by atoms with E-state index in [4.69, 9.17) is 26.3 Å². The van der Waals surface area contributed by atoms with E-state index >= 15 is 0 Å². The van der Waals surface area contributed by atoms with Gasteiger partial charge in [-0.25, -0.2) is 4.79 Å². The van der Waals surface area contributed by atoms with E-state index < -0.39 is 5.97 Å². The topological polar surface area (TPSA) is 124 Å². The Morgan fingerprint density at radius 3 is 2.28 bits per heavy atom. The maximum Gasteiger partial charge on any atom is 0.353 e. The van der Waals surface area contributed by atoms with Gasteiger partial charge in [0.05, 0.1) is 11.3 Å². The summed E-state index contributed by atoms with van der Waals surface area (Å²) in [7, 11) is 0. The van der Waals surface area contributed by atoms with Gasteiger partial charge < -0.3 is 10.5 Å². The number of hydrogen-bond donors (Lipinski definition) is 1. The summed E-state index contributed by atoms with van der Waals surface area (Å²) in [5.74, 6) is -0.0943. The number of nitriles is 3. The molecule has 0 fully saturated rings. The van der Waals surface area contributed by atoms with Crippen molar-refractivity contribution in [2.24, 2.45) is 5.73 Å². The second kappa shape index (κ2) is 8.12. The molecule has 0 aliphatic rings. The zero-order valence-corrected chi connectivity index (χ0v) is 13.6. The van der Waals surface area contributed by atoms with E-state index in [0.717, 1.165) is 0 Å². The molecule has 1 aromatic carbocycles. The lowest BCUT2D eigenvalue weighted by Gasteiger charge is -2.04. The number of carbonyl (C=O) groups excluding carboxylic acids is 1. The highest BCUT2D eigenvalue weighted by Crippen LogP contribution is 2.19. The van der Waals surface area contributed by atoms with Crippen LogP contribution in [-0.4, -0.2) is 5.97 Å². The number of benzene rings is 1. The average Bonchev–Trinajstić information content (AvgIpc) is 3.16. The minimum Gasteiger partial charge on any atom is -0.422 e. The summed E-state index contributed by atoms with van der Waals surface area (Å²) in [6.45, 7) is 0. The van der Waals surface area contributed by atoms with Gasteiger partial charge in [0.15, 0.2) is 5.57 Å². The van der Waals surface area contributed by atoms with Crippen LogP contribution >= 0.6 is 11.3 Å². The molecule has 0 saturated heterocycles. The van der Waals surface area contributed by atoms with Gasteiger partial charge in [-0.3, -0.25) is 0 Å². The van der Waals surface area contributed by atoms with Crippen LogP contribution in [0.2, 0.25) is 0 Å². The van der Waals surface area contributed by atoms with Crippen molar-refractivity contribution in [3.8, 4) is 24.0 Å². The monoisotopic (exact) mass is 346 g/mol. The average molecular weight is 346 g/mol. The van der Waals surface area contributed by atoms with E-state index in [9.17, 15) is 4.79 Å². The third-order valence-corrected chi connectivity index (χ3v) is 3.88. The molecule has 0 unspecified atom stereocenters. The molecule has 7 heteroatoms. The first-order valence-electron chi connectivity index (χ1n) is 6.87. The maximum absolute atomic E-state index is 11.9. The van der Waals surface area contributed by atoms with E-state index in [-0.39, 0.29) is 16.8 Å². The van der Waals surface area contributed by atoms with Crippen LogP contribution in [0.15, 0.2) is 58.6 Å². The lowest BCUT2D eigenvalue weighted by Crippen LogP contribution is -2.06. The molecule has 0 atom stereocenters. The number of esters is 1. The molecule has 2 rings (SSSR count). The Labute approximate surface area is 147 Å². The van der Waals surface area contributed by atoms with Gasteiger partial charge in [0.2, 0.25) is 0 Å². The van der Waals surface area contributed by atoms with Gasteiger partial charge in [-0.1, -0.05) is 18.2 Å². The summed E-state index contributed by atoms with van der Waals surface area (Å²) in [5, 5.41) is 28.6. The van der Waals surface area contributed by atoms with Crippen molar-refractivity contribution in [1.29, 1.82) is 15.8 Å². The molecular formula is C18H10N4O2S. The molecule has 0 radical (unpaired) electrons. The first kappa shape index (κ1) is 17.5. The standard InChI is InChI=1S/C18H10N4O2S/c19-9-13(17(22)14(10-20)11-21)8-12-3-5-15(6-4-12)24-18(23)16-2-1-7-25-16/h1-8H,22H2. The highest BCUT2D eigenvalue weighted by Gasteiger charge is 2.10. The Bertz CT molecular complexity index is 950. The van der Waals surface area contributed by atoms with Crippen LogP contribution in [0.25, 0.3) is 6.08 Å². The van der Waals surface area contributed by atoms with Gasteiger partial charge >= 0.3 is 5.97 Å². The smallest absolute Gasteiger partial charge is 0.353 e. The van der Waals surface area contributed by atoms with Crippen molar-refractivity contribution >= 4 is 23.4 Å². The number of nitrogens with two attached hydrogens (primary N) is 1. The highest BCUT2D eigenvalue weighted by molar-refractivity contribution is 7.12. The zero-order valence-electron chi connectivity index (χ0n) is 12.8. The number of rotatable bonds is 4. The normalized spacial score (nSPS) is 10.0. The van der Waals surface area contributed by atoms with Crippen LogP contribution in [0.4, 0.5) is 0 Å². The van der Waals surface area contributed by atoms with Gasteiger partial charge in [-0.2, -0.15) is 15.8 Å². The van der Waals surface area contributed by atoms with Crippen molar-refractivity contribution < 1.29 is 9.53 Å². The van der Waals surface area contributed by atoms with E-state index in [2.05, 4.69) is 0 Å². The molecule has 2 aromatic rings. The molecule has 25 heavy (non-hydrogen) atoms. The van der Waals surface area contributed by atoms with Crippen LogP contribution < -0.4 is 10.5 Å². The van der Waals surface area contributed by atoms with Crippen LogP contribution in [-0.2, 0) is 0 Å². The zero-order chi connectivity index (χ0) is 18.2. The SMILES string of the molecule is N#CC(=Cc1ccc(OC(=O)c2cccs2)cc1)C(N)=C(C#N)C#N. The number of ether oxygens (including phenoxy) is 1. The predicted molar refractivity (Wildman–Crippen MR) is 91.7 cm³/mol. The Balaban J connectivity index is 2.21. The lowest BCUT2D eigenvalue weighted by molar-refractivity contribution is 0.0740. The van der Waals surface area contributed by atoms with E-state index in [1.54, 1.807) is 53.9 Å². The van der Waals surface area contributed by atoms with Gasteiger partial charge in [-0.05, 0) is 35.2 Å². The molecule has 1 aromatic heterocycles. The molecule has 2 N–H and O–H groups in total. The largest absolute Gasteiger partial charge is 0.422 e. The first-order valence-corrected chi connectivity index (χ1v) is 7.75. The Morgan fingerprint density at radius 1 is 1.08 bits per heavy atom. The van der Waals surface area contributed by atoms with E-state index in [1.807, 2.05) is 6.07 Å². The molecule has 120 valence electrons. The summed E-state index contributed by atoms with van der Waals surface area (Å²) in [5.41, 5.74) is 5.77. The summed E-state index contributed by atoms with van der Waals surface area (Å²) in [6.07, 6.45) is 1.44. The fourth-order valence-electron chi connectivity index (χ4n) is 1.80. The summed E-state index contributed by atoms with van der Waals surface area (Å²) in [4.78, 5) is 12.4. The second-order valence-corrected chi connectivity index (χ2v) is 5.57. The molecular weight excluding hydrogens is 336 g/mol. The summed E-state index contributed by atoms with van der Waals surface area (Å²) < 4.78 is 5.23. The van der Waals surface area contributed by atoms with Crippen LogP contribution in [0, 0.1) is 34.0 Å². The van der Waals surface area contributed by atoms with Crippen LogP contribution in [0.3, 0.4) is 0 Å². The van der Waals surface area contributed by atoms with Crippen molar-refractivity contribution in [3.63, 3.8) is 0 Å². The number of allylic oxidation sites excluding steroid dienone is 2. The molecule has 0 saturated carbocycles. The van der Waals surface area contributed by atoms with Gasteiger partial charge in [-0.15, -0.1) is 11.3 Å². The molecule has 0 aliphatic heterocycles. The predicted octanol–water partition coefficient (Wildman–Crippen LogP) is 3.13. The molecule has 0 amide bonds. The molecule has 0 aliphatic carbocycles. The van der Waals surface area contributed by atoms with Crippen molar-refractivity contribution in [2.75, 3.05) is 0 Å². The van der Waals surface area contributed by atoms with Gasteiger partial charge in [0.1, 0.15) is 28.8 Å². The number of hydrogen-bond acceptors (Lipinski definition) is 7. The third-order valence-electron chi connectivity index (χ3n) is 3.03. The Morgan fingerprint density at radius 2 is 1.76 bits per heavy atom. The molecule has 0 bridgehead atoms. The first-order chi connectivity index (χ1) is 12.1. The number of thiophene rings is 1. The Hall–Kier alpha value is -3.86. The number of nitrogens with zero attached hydrogens (tertiary/aromatic N) is 3. The summed E-state index contributed by atoms with van der Waals surface area (Å²) in [6, 6.07) is 15.0. The molecule has 1 heterocycles. The second-order valence-electron chi connectivity index (χ2n) is 4.62. The highest BCUT2D eigenvalue weighted by atomic mass is 32.1. The van der Waals surface area contributed by atoms with Crippen molar-refractivity contribution in [3.05, 3.63) is 69.1 Å². The minimum atomic E-state index is -0.448. The molecule has 0 spiro atoms. The fraction of sp³-hybridized carbons (Fsp3) is 0. The van der Waals surface area contributed by atoms with Crippen LogP contribution in [0.5, 0.6) is 5.75 Å². The number of carbonyl (C=O) groups is 1. The maximum atomic E-state index is 11.9.